The average molecular weight is 211 g/mol. The number of fused-ring (bicyclic) bond motifs is 1. The van der Waals surface area contributed by atoms with Gasteiger partial charge in [0.1, 0.15) is 6.04 Å². The van der Waals surface area contributed by atoms with Gasteiger partial charge in [0.05, 0.1) is 11.8 Å². The van der Waals surface area contributed by atoms with Crippen molar-refractivity contribution in [2.45, 2.75) is 10.9 Å². The van der Waals surface area contributed by atoms with Gasteiger partial charge in [-0.15, -0.1) is 11.8 Å². The van der Waals surface area contributed by atoms with Crippen LogP contribution in [0.25, 0.3) is 0 Å². The summed E-state index contributed by atoms with van der Waals surface area (Å²) in [5, 5.41) is 12.5. The molecule has 0 amide bonds. The number of anilines is 1. The van der Waals surface area contributed by atoms with Gasteiger partial charge < -0.3 is 5.32 Å². The highest BCUT2D eigenvalue weighted by molar-refractivity contribution is 7.99. The number of halogens is 1. The van der Waals surface area contributed by atoms with Crippen LogP contribution in [0.2, 0.25) is 5.02 Å². The maximum Gasteiger partial charge on any atom is 0.124 e. The van der Waals surface area contributed by atoms with Crippen LogP contribution in [-0.4, -0.2) is 11.8 Å². The van der Waals surface area contributed by atoms with Gasteiger partial charge in [0.25, 0.3) is 0 Å². The van der Waals surface area contributed by atoms with E-state index in [2.05, 4.69) is 11.4 Å². The van der Waals surface area contributed by atoms with Crippen molar-refractivity contribution in [2.75, 3.05) is 11.1 Å². The zero-order valence-corrected chi connectivity index (χ0v) is 8.32. The van der Waals surface area contributed by atoms with E-state index in [0.717, 1.165) is 16.3 Å². The van der Waals surface area contributed by atoms with Crippen LogP contribution in [0.4, 0.5) is 5.69 Å². The highest BCUT2D eigenvalue weighted by atomic mass is 35.5. The van der Waals surface area contributed by atoms with Crippen LogP contribution in [0.3, 0.4) is 0 Å². The molecule has 2 rings (SSSR count). The smallest absolute Gasteiger partial charge is 0.124 e. The van der Waals surface area contributed by atoms with E-state index in [4.69, 9.17) is 16.9 Å². The summed E-state index contributed by atoms with van der Waals surface area (Å²) < 4.78 is 0. The lowest BCUT2D eigenvalue weighted by Gasteiger charge is -2.21. The Kier molecular flexibility index (Phi) is 2.34. The predicted molar refractivity (Wildman–Crippen MR) is 55.2 cm³/mol. The molecule has 1 unspecified atom stereocenters. The minimum atomic E-state index is -0.101. The second-order valence-electron chi connectivity index (χ2n) is 2.78. The highest BCUT2D eigenvalue weighted by Crippen LogP contribution is 2.34. The summed E-state index contributed by atoms with van der Waals surface area (Å²) in [4.78, 5) is 1.16. The summed E-state index contributed by atoms with van der Waals surface area (Å²) in [5.74, 6) is 0.797. The van der Waals surface area contributed by atoms with Crippen LogP contribution >= 0.6 is 23.4 Å². The summed E-state index contributed by atoms with van der Waals surface area (Å²) in [6.45, 7) is 0. The number of rotatable bonds is 0. The van der Waals surface area contributed by atoms with E-state index in [9.17, 15) is 0 Å². The monoisotopic (exact) mass is 210 g/mol. The van der Waals surface area contributed by atoms with Crippen molar-refractivity contribution in [3.63, 3.8) is 0 Å². The molecule has 0 saturated carbocycles. The molecular formula is C9H7ClN2S. The van der Waals surface area contributed by atoms with E-state index >= 15 is 0 Å². The van der Waals surface area contributed by atoms with E-state index in [0.29, 0.717) is 5.02 Å². The molecule has 13 heavy (non-hydrogen) atoms. The molecule has 0 fully saturated rings. The van der Waals surface area contributed by atoms with Crippen LogP contribution < -0.4 is 5.32 Å². The molecule has 0 saturated heterocycles. The van der Waals surface area contributed by atoms with Crippen molar-refractivity contribution in [3.8, 4) is 6.07 Å². The van der Waals surface area contributed by atoms with Gasteiger partial charge in [0.15, 0.2) is 0 Å². The molecule has 0 spiro atoms. The molecule has 1 atom stereocenters. The standard InChI is InChI=1S/C9H7ClN2S/c10-6-1-2-9-8(3-6)12-7(4-11)5-13-9/h1-3,7,12H,5H2. The highest BCUT2D eigenvalue weighted by Gasteiger charge is 2.17. The molecule has 1 aromatic carbocycles. The molecule has 0 aliphatic carbocycles. The van der Waals surface area contributed by atoms with Crippen molar-refractivity contribution < 1.29 is 0 Å². The van der Waals surface area contributed by atoms with Gasteiger partial charge >= 0.3 is 0 Å². The number of hydrogen-bond donors (Lipinski definition) is 1. The summed E-state index contributed by atoms with van der Waals surface area (Å²) in [5.41, 5.74) is 0.968. The molecule has 1 aromatic rings. The molecule has 1 N–H and O–H groups in total. The van der Waals surface area contributed by atoms with Crippen molar-refractivity contribution in [1.29, 1.82) is 5.26 Å². The normalized spacial score (nSPS) is 19.8. The van der Waals surface area contributed by atoms with Crippen LogP contribution in [-0.2, 0) is 0 Å². The van der Waals surface area contributed by atoms with Gasteiger partial charge in [-0.25, -0.2) is 0 Å². The molecule has 4 heteroatoms. The first kappa shape index (κ1) is 8.74. The Morgan fingerprint density at radius 2 is 2.46 bits per heavy atom. The quantitative estimate of drug-likeness (QED) is 0.715. The Balaban J connectivity index is 2.34. The second-order valence-corrected chi connectivity index (χ2v) is 4.28. The SMILES string of the molecule is N#CC1CSc2ccc(Cl)cc2N1. The van der Waals surface area contributed by atoms with Crippen molar-refractivity contribution in [1.82, 2.24) is 0 Å². The maximum absolute atomic E-state index is 8.73. The minimum Gasteiger partial charge on any atom is -0.368 e. The summed E-state index contributed by atoms with van der Waals surface area (Å²) in [7, 11) is 0. The van der Waals surface area contributed by atoms with Crippen molar-refractivity contribution in [3.05, 3.63) is 23.2 Å². The molecule has 1 aliphatic rings. The number of benzene rings is 1. The average Bonchev–Trinajstić information content (AvgIpc) is 2.16. The van der Waals surface area contributed by atoms with E-state index in [1.165, 1.54) is 0 Å². The topological polar surface area (TPSA) is 35.8 Å². The largest absolute Gasteiger partial charge is 0.368 e. The first-order valence-electron chi connectivity index (χ1n) is 3.88. The Morgan fingerprint density at radius 3 is 3.23 bits per heavy atom. The fraction of sp³-hybridized carbons (Fsp3) is 0.222. The van der Waals surface area contributed by atoms with Crippen LogP contribution in [0.5, 0.6) is 0 Å². The van der Waals surface area contributed by atoms with Gasteiger partial charge in [0, 0.05) is 15.7 Å². The Bertz CT molecular complexity index is 372. The molecule has 66 valence electrons. The summed E-state index contributed by atoms with van der Waals surface area (Å²) in [6.07, 6.45) is 0. The van der Waals surface area contributed by atoms with Gasteiger partial charge in [0.2, 0.25) is 0 Å². The van der Waals surface area contributed by atoms with Crippen molar-refractivity contribution >= 4 is 29.1 Å². The fourth-order valence-corrected chi connectivity index (χ4v) is 2.33. The Labute approximate surface area is 85.9 Å². The minimum absolute atomic E-state index is 0.101. The third-order valence-electron chi connectivity index (χ3n) is 1.83. The van der Waals surface area contributed by atoms with Crippen LogP contribution in [0.1, 0.15) is 0 Å². The van der Waals surface area contributed by atoms with E-state index < -0.39 is 0 Å². The predicted octanol–water partition coefficient (Wildman–Crippen LogP) is 2.75. The lowest BCUT2D eigenvalue weighted by molar-refractivity contribution is 0.998. The molecule has 1 heterocycles. The Morgan fingerprint density at radius 1 is 1.62 bits per heavy atom. The Hall–Kier alpha value is -0.850. The number of nitriles is 1. The van der Waals surface area contributed by atoms with Gasteiger partial charge in [-0.05, 0) is 18.2 Å². The summed E-state index contributed by atoms with van der Waals surface area (Å²) >= 11 is 7.52. The number of nitrogens with one attached hydrogen (secondary N) is 1. The third-order valence-corrected chi connectivity index (χ3v) is 3.23. The molecule has 2 nitrogen and oxygen atoms in total. The second kappa shape index (κ2) is 3.49. The number of hydrogen-bond acceptors (Lipinski definition) is 3. The molecule has 0 radical (unpaired) electrons. The lowest BCUT2D eigenvalue weighted by Crippen LogP contribution is -2.23. The van der Waals surface area contributed by atoms with E-state index in [1.54, 1.807) is 11.8 Å². The first-order valence-corrected chi connectivity index (χ1v) is 5.24. The molecule has 0 aromatic heterocycles. The van der Waals surface area contributed by atoms with Crippen molar-refractivity contribution in [2.24, 2.45) is 0 Å². The zero-order valence-electron chi connectivity index (χ0n) is 6.75. The molecule has 1 aliphatic heterocycles. The van der Waals surface area contributed by atoms with E-state index in [1.807, 2.05) is 18.2 Å². The maximum atomic E-state index is 8.73. The molecule has 0 bridgehead atoms. The van der Waals surface area contributed by atoms with Gasteiger partial charge in [-0.3, -0.25) is 0 Å². The summed E-state index contributed by atoms with van der Waals surface area (Å²) in [6, 6.07) is 7.78. The van der Waals surface area contributed by atoms with Crippen LogP contribution in [0.15, 0.2) is 23.1 Å². The number of thioether (sulfide) groups is 1. The van der Waals surface area contributed by atoms with Gasteiger partial charge in [-0.1, -0.05) is 11.6 Å². The number of nitrogens with zero attached hydrogens (tertiary/aromatic N) is 1. The fourth-order valence-electron chi connectivity index (χ4n) is 1.21. The first-order chi connectivity index (χ1) is 6.29. The van der Waals surface area contributed by atoms with E-state index in [-0.39, 0.29) is 6.04 Å². The zero-order chi connectivity index (χ0) is 9.26. The van der Waals surface area contributed by atoms with Gasteiger partial charge in [-0.2, -0.15) is 5.26 Å². The van der Waals surface area contributed by atoms with Crippen LogP contribution in [0, 0.1) is 11.3 Å². The lowest BCUT2D eigenvalue weighted by atomic mass is 10.2. The molecular weight excluding hydrogens is 204 g/mol. The third kappa shape index (κ3) is 1.74.